The van der Waals surface area contributed by atoms with Gasteiger partial charge in [0.15, 0.2) is 0 Å². The van der Waals surface area contributed by atoms with Gasteiger partial charge in [0, 0.05) is 15.6 Å². The number of aliphatic imine (C=N–C) groups is 1. The van der Waals surface area contributed by atoms with Crippen LogP contribution in [-0.4, -0.2) is 11.2 Å². The maximum absolute atomic E-state index is 4.35. The zero-order valence-electron chi connectivity index (χ0n) is 9.07. The Bertz CT molecular complexity index is 495. The van der Waals surface area contributed by atoms with Gasteiger partial charge in [0.2, 0.25) is 5.13 Å². The monoisotopic (exact) mass is 294 g/mol. The standard InChI is InChI=1S/C12H11BrN2S/c1-8-9(2)16-12(15-8)14-7-10-3-5-11(13)6-4-10/h3-7H,1-2H3/b14-7-. The second kappa shape index (κ2) is 4.89. The van der Waals surface area contributed by atoms with Crippen LogP contribution in [-0.2, 0) is 0 Å². The summed E-state index contributed by atoms with van der Waals surface area (Å²) in [5.41, 5.74) is 2.14. The second-order valence-electron chi connectivity index (χ2n) is 3.45. The van der Waals surface area contributed by atoms with E-state index >= 15 is 0 Å². The van der Waals surface area contributed by atoms with Crippen molar-refractivity contribution in [3.8, 4) is 0 Å². The molecule has 0 spiro atoms. The lowest BCUT2D eigenvalue weighted by molar-refractivity contribution is 1.22. The van der Waals surface area contributed by atoms with E-state index in [0.29, 0.717) is 0 Å². The lowest BCUT2D eigenvalue weighted by Gasteiger charge is -1.91. The molecular weight excluding hydrogens is 284 g/mol. The van der Waals surface area contributed by atoms with E-state index in [1.54, 1.807) is 11.3 Å². The first kappa shape index (κ1) is 11.5. The number of thiazole rings is 1. The molecule has 0 N–H and O–H groups in total. The minimum atomic E-state index is 0.818. The molecule has 0 amide bonds. The zero-order valence-corrected chi connectivity index (χ0v) is 11.5. The molecular formula is C12H11BrN2S. The largest absolute Gasteiger partial charge is 0.227 e. The van der Waals surface area contributed by atoms with Crippen LogP contribution in [0.15, 0.2) is 33.7 Å². The van der Waals surface area contributed by atoms with Crippen molar-refractivity contribution in [2.75, 3.05) is 0 Å². The summed E-state index contributed by atoms with van der Waals surface area (Å²) < 4.78 is 1.07. The van der Waals surface area contributed by atoms with Crippen LogP contribution in [0.25, 0.3) is 0 Å². The van der Waals surface area contributed by atoms with E-state index in [1.165, 1.54) is 4.88 Å². The molecule has 2 nitrogen and oxygen atoms in total. The summed E-state index contributed by atoms with van der Waals surface area (Å²) in [6.45, 7) is 4.07. The SMILES string of the molecule is Cc1nc(/N=C\c2ccc(Br)cc2)sc1C. The van der Waals surface area contributed by atoms with Crippen LogP contribution in [0.2, 0.25) is 0 Å². The molecule has 0 atom stereocenters. The normalized spacial score (nSPS) is 11.2. The summed E-state index contributed by atoms with van der Waals surface area (Å²) in [7, 11) is 0. The van der Waals surface area contributed by atoms with Crippen molar-refractivity contribution in [1.82, 2.24) is 4.98 Å². The molecule has 1 aromatic heterocycles. The molecule has 1 aromatic carbocycles. The molecule has 1 heterocycles. The molecule has 2 aromatic rings. The molecule has 82 valence electrons. The van der Waals surface area contributed by atoms with E-state index in [4.69, 9.17) is 0 Å². The fourth-order valence-corrected chi connectivity index (χ4v) is 2.21. The maximum atomic E-state index is 4.35. The van der Waals surface area contributed by atoms with Gasteiger partial charge in [0.1, 0.15) is 0 Å². The molecule has 0 aliphatic carbocycles. The lowest BCUT2D eigenvalue weighted by Crippen LogP contribution is -1.78. The van der Waals surface area contributed by atoms with Gasteiger partial charge >= 0.3 is 0 Å². The number of nitrogens with zero attached hydrogens (tertiary/aromatic N) is 2. The van der Waals surface area contributed by atoms with Crippen molar-refractivity contribution in [1.29, 1.82) is 0 Å². The fourth-order valence-electron chi connectivity index (χ4n) is 1.19. The van der Waals surface area contributed by atoms with Gasteiger partial charge in [0.05, 0.1) is 5.69 Å². The predicted octanol–water partition coefficient (Wildman–Crippen LogP) is 4.27. The second-order valence-corrected chi connectivity index (χ2v) is 5.55. The Morgan fingerprint density at radius 3 is 2.50 bits per heavy atom. The highest BCUT2D eigenvalue weighted by atomic mass is 79.9. The van der Waals surface area contributed by atoms with Gasteiger partial charge in [-0.2, -0.15) is 0 Å². The van der Waals surface area contributed by atoms with Gasteiger partial charge in [-0.15, -0.1) is 0 Å². The van der Waals surface area contributed by atoms with Crippen LogP contribution < -0.4 is 0 Å². The van der Waals surface area contributed by atoms with Crippen LogP contribution >= 0.6 is 27.3 Å². The Hall–Kier alpha value is -1.00. The van der Waals surface area contributed by atoms with E-state index in [2.05, 4.69) is 32.8 Å². The molecule has 0 saturated carbocycles. The van der Waals surface area contributed by atoms with Gasteiger partial charge in [-0.05, 0) is 31.5 Å². The van der Waals surface area contributed by atoms with E-state index in [-0.39, 0.29) is 0 Å². The number of hydrogen-bond acceptors (Lipinski definition) is 3. The van der Waals surface area contributed by atoms with E-state index < -0.39 is 0 Å². The Morgan fingerprint density at radius 1 is 1.25 bits per heavy atom. The molecule has 16 heavy (non-hydrogen) atoms. The number of aromatic nitrogens is 1. The highest BCUT2D eigenvalue weighted by Crippen LogP contribution is 2.23. The van der Waals surface area contributed by atoms with E-state index in [9.17, 15) is 0 Å². The van der Waals surface area contributed by atoms with Crippen molar-refractivity contribution in [3.05, 3.63) is 44.9 Å². The minimum absolute atomic E-state index is 0.818. The predicted molar refractivity (Wildman–Crippen MR) is 73.0 cm³/mol. The van der Waals surface area contributed by atoms with Gasteiger partial charge in [-0.3, -0.25) is 0 Å². The van der Waals surface area contributed by atoms with Gasteiger partial charge in [-0.1, -0.05) is 39.4 Å². The summed E-state index contributed by atoms with van der Waals surface area (Å²) in [5.74, 6) is 0. The van der Waals surface area contributed by atoms with Crippen LogP contribution in [0.5, 0.6) is 0 Å². The topological polar surface area (TPSA) is 25.2 Å². The average molecular weight is 295 g/mol. The summed E-state index contributed by atoms with van der Waals surface area (Å²) in [4.78, 5) is 9.93. The molecule has 0 aliphatic rings. The number of rotatable bonds is 2. The first-order chi connectivity index (χ1) is 7.65. The third-order valence-electron chi connectivity index (χ3n) is 2.21. The third-order valence-corrected chi connectivity index (χ3v) is 3.72. The van der Waals surface area contributed by atoms with Gasteiger partial charge < -0.3 is 0 Å². The fraction of sp³-hybridized carbons (Fsp3) is 0.167. The molecule has 0 radical (unpaired) electrons. The van der Waals surface area contributed by atoms with Crippen LogP contribution in [0, 0.1) is 13.8 Å². The Morgan fingerprint density at radius 2 is 1.94 bits per heavy atom. The highest BCUT2D eigenvalue weighted by Gasteiger charge is 2.00. The molecule has 2 rings (SSSR count). The maximum Gasteiger partial charge on any atom is 0.209 e. The highest BCUT2D eigenvalue weighted by molar-refractivity contribution is 9.10. The lowest BCUT2D eigenvalue weighted by atomic mass is 10.2. The Kier molecular flexibility index (Phi) is 3.51. The number of halogens is 1. The molecule has 0 bridgehead atoms. The first-order valence-electron chi connectivity index (χ1n) is 4.89. The summed E-state index contributed by atoms with van der Waals surface area (Å²) in [6, 6.07) is 8.03. The number of aryl methyl sites for hydroxylation is 2. The first-order valence-corrected chi connectivity index (χ1v) is 6.50. The Labute approximate surface area is 107 Å². The van der Waals surface area contributed by atoms with Crippen molar-refractivity contribution in [2.45, 2.75) is 13.8 Å². The van der Waals surface area contributed by atoms with E-state index in [0.717, 1.165) is 20.9 Å². The van der Waals surface area contributed by atoms with Gasteiger partial charge in [0.25, 0.3) is 0 Å². The van der Waals surface area contributed by atoms with Crippen molar-refractivity contribution >= 4 is 38.6 Å². The van der Waals surface area contributed by atoms with Crippen LogP contribution in [0.1, 0.15) is 16.1 Å². The average Bonchev–Trinajstić information content (AvgIpc) is 2.58. The molecule has 0 aliphatic heterocycles. The Balaban J connectivity index is 2.17. The summed E-state index contributed by atoms with van der Waals surface area (Å²) >= 11 is 5.02. The van der Waals surface area contributed by atoms with Crippen molar-refractivity contribution in [3.63, 3.8) is 0 Å². The van der Waals surface area contributed by atoms with Gasteiger partial charge in [-0.25, -0.2) is 9.98 Å². The smallest absolute Gasteiger partial charge is 0.209 e. The number of hydrogen-bond donors (Lipinski definition) is 0. The number of benzene rings is 1. The van der Waals surface area contributed by atoms with Crippen molar-refractivity contribution < 1.29 is 0 Å². The minimum Gasteiger partial charge on any atom is -0.227 e. The zero-order chi connectivity index (χ0) is 11.5. The van der Waals surface area contributed by atoms with Crippen LogP contribution in [0.3, 0.4) is 0 Å². The molecule has 0 unspecified atom stereocenters. The third kappa shape index (κ3) is 2.77. The van der Waals surface area contributed by atoms with Crippen LogP contribution in [0.4, 0.5) is 5.13 Å². The molecule has 4 heteroatoms. The summed E-state index contributed by atoms with van der Waals surface area (Å²) in [5, 5.41) is 0.818. The quantitative estimate of drug-likeness (QED) is 0.759. The molecule has 0 saturated heterocycles. The van der Waals surface area contributed by atoms with Crippen molar-refractivity contribution in [2.24, 2.45) is 4.99 Å². The summed E-state index contributed by atoms with van der Waals surface area (Å²) in [6.07, 6.45) is 1.84. The van der Waals surface area contributed by atoms with E-state index in [1.807, 2.05) is 37.4 Å². The molecule has 0 fully saturated rings.